The minimum atomic E-state index is -1.03. The van der Waals surface area contributed by atoms with Crippen molar-refractivity contribution in [1.29, 1.82) is 0 Å². The van der Waals surface area contributed by atoms with Crippen molar-refractivity contribution < 1.29 is 33.6 Å². The average molecular weight is 565 g/mol. The highest BCUT2D eigenvalue weighted by Gasteiger charge is 2.28. The van der Waals surface area contributed by atoms with Crippen molar-refractivity contribution in [2.24, 2.45) is 5.10 Å². The van der Waals surface area contributed by atoms with E-state index in [-0.39, 0.29) is 27.6 Å². The first-order valence-corrected chi connectivity index (χ1v) is 13.0. The third-order valence-electron chi connectivity index (χ3n) is 6.12. The zero-order valence-corrected chi connectivity index (χ0v) is 22.3. The number of carbonyl (C=O) groups is 4. The molecule has 2 amide bonds. The molecule has 2 aromatic carbocycles. The number of amides is 2. The Labute approximate surface area is 232 Å². The number of nitrogens with zero attached hydrogens (tertiary/aromatic N) is 2. The monoisotopic (exact) mass is 564 g/mol. The van der Waals surface area contributed by atoms with E-state index in [2.05, 4.69) is 15.8 Å². The smallest absolute Gasteiger partial charge is 0.350 e. The summed E-state index contributed by atoms with van der Waals surface area (Å²) in [4.78, 5) is 61.2. The topological polar surface area (TPSA) is 166 Å². The molecular weight excluding hydrogens is 540 g/mol. The van der Waals surface area contributed by atoms with E-state index in [9.17, 15) is 29.3 Å². The van der Waals surface area contributed by atoms with Gasteiger partial charge in [0.05, 0.1) is 23.3 Å². The highest BCUT2D eigenvalue weighted by Crippen LogP contribution is 2.38. The molecule has 2 N–H and O–H groups in total. The van der Waals surface area contributed by atoms with E-state index in [1.165, 1.54) is 54.8 Å². The van der Waals surface area contributed by atoms with Crippen LogP contribution in [0.1, 0.15) is 56.5 Å². The Bertz CT molecular complexity index is 1530. The van der Waals surface area contributed by atoms with Gasteiger partial charge in [0.2, 0.25) is 0 Å². The van der Waals surface area contributed by atoms with Crippen LogP contribution in [0.2, 0.25) is 0 Å². The number of carbonyl (C=O) groups excluding carboxylic acids is 4. The van der Waals surface area contributed by atoms with Gasteiger partial charge in [-0.05, 0) is 74.1 Å². The van der Waals surface area contributed by atoms with E-state index in [1.54, 1.807) is 19.1 Å². The van der Waals surface area contributed by atoms with Crippen molar-refractivity contribution in [1.82, 2.24) is 5.43 Å². The van der Waals surface area contributed by atoms with Gasteiger partial charge in [-0.3, -0.25) is 19.7 Å². The molecule has 0 bridgehead atoms. The van der Waals surface area contributed by atoms with Crippen LogP contribution in [-0.4, -0.2) is 41.5 Å². The Hall–Kier alpha value is -4.91. The first-order valence-electron chi connectivity index (χ1n) is 12.1. The second-order valence-electron chi connectivity index (χ2n) is 8.69. The van der Waals surface area contributed by atoms with Gasteiger partial charge in [-0.25, -0.2) is 15.0 Å². The van der Waals surface area contributed by atoms with Crippen LogP contribution >= 0.6 is 11.3 Å². The molecular formula is C27H24N4O8S. The van der Waals surface area contributed by atoms with E-state index in [0.29, 0.717) is 17.7 Å². The maximum Gasteiger partial charge on any atom is 0.350 e. The molecule has 40 heavy (non-hydrogen) atoms. The molecule has 1 aliphatic carbocycles. The van der Waals surface area contributed by atoms with Gasteiger partial charge in [-0.2, -0.15) is 5.10 Å². The maximum atomic E-state index is 12.5. The molecule has 0 radical (unpaired) electrons. The number of thiophene rings is 1. The molecule has 0 atom stereocenters. The number of hydrogen-bond acceptors (Lipinski definition) is 10. The molecule has 0 aliphatic heterocycles. The predicted octanol–water partition coefficient (Wildman–Crippen LogP) is 4.02. The van der Waals surface area contributed by atoms with E-state index >= 15 is 0 Å². The first-order chi connectivity index (χ1) is 19.2. The Kier molecular flexibility index (Phi) is 8.64. The Balaban J connectivity index is 1.38. The molecule has 1 aromatic heterocycles. The largest absolute Gasteiger partial charge is 0.465 e. The fourth-order valence-corrected chi connectivity index (χ4v) is 5.39. The molecule has 1 heterocycles. The highest BCUT2D eigenvalue weighted by atomic mass is 32.1. The van der Waals surface area contributed by atoms with Crippen molar-refractivity contribution in [3.8, 4) is 5.75 Å². The Morgan fingerprint density at radius 2 is 1.68 bits per heavy atom. The summed E-state index contributed by atoms with van der Waals surface area (Å²) in [5, 5.41) is 17.9. The van der Waals surface area contributed by atoms with Crippen molar-refractivity contribution in [2.75, 3.05) is 12.4 Å². The number of methoxy groups -OCH3 is 1. The molecule has 0 fully saturated rings. The Morgan fingerprint density at radius 3 is 2.38 bits per heavy atom. The van der Waals surface area contributed by atoms with Crippen LogP contribution in [0.5, 0.6) is 5.75 Å². The van der Waals surface area contributed by atoms with Crippen molar-refractivity contribution in [3.63, 3.8) is 0 Å². The van der Waals surface area contributed by atoms with Gasteiger partial charge in [-0.1, -0.05) is 12.1 Å². The molecule has 13 heteroatoms. The zero-order valence-electron chi connectivity index (χ0n) is 21.5. The van der Waals surface area contributed by atoms with Crippen LogP contribution in [0, 0.1) is 10.1 Å². The number of nitro groups is 1. The van der Waals surface area contributed by atoms with Crippen LogP contribution in [-0.2, 0) is 27.2 Å². The predicted molar refractivity (Wildman–Crippen MR) is 146 cm³/mol. The molecule has 4 rings (SSSR count). The number of fused-ring (bicyclic) bond motifs is 1. The summed E-state index contributed by atoms with van der Waals surface area (Å²) in [6.45, 7) is 1.59. The number of ether oxygens (including phenoxy) is 2. The molecule has 206 valence electrons. The number of nitro benzene ring substituents is 1. The standard InChI is InChI=1S/C27H24N4O8S/c1-15(16-11-13-17(14-12-16)39-26(34)18-7-3-5-9-20(18)31(36)37)29-30-24(33)23(32)28-25-22(27(35)38-2)19-8-4-6-10-21(19)40-25/h3,5,7,9,11-14H,4,6,8,10H2,1-2H3,(H,28,32)(H,30,33). The summed E-state index contributed by atoms with van der Waals surface area (Å²) in [5.74, 6) is -3.33. The molecule has 0 spiro atoms. The fourth-order valence-electron chi connectivity index (χ4n) is 4.11. The summed E-state index contributed by atoms with van der Waals surface area (Å²) in [7, 11) is 1.26. The van der Waals surface area contributed by atoms with E-state index in [4.69, 9.17) is 9.47 Å². The van der Waals surface area contributed by atoms with Gasteiger partial charge >= 0.3 is 23.8 Å². The van der Waals surface area contributed by atoms with Crippen LogP contribution in [0.15, 0.2) is 53.6 Å². The lowest BCUT2D eigenvalue weighted by molar-refractivity contribution is -0.385. The van der Waals surface area contributed by atoms with Crippen LogP contribution in [0.25, 0.3) is 0 Å². The van der Waals surface area contributed by atoms with E-state index in [1.807, 2.05) is 0 Å². The van der Waals surface area contributed by atoms with Gasteiger partial charge in [0.1, 0.15) is 16.3 Å². The van der Waals surface area contributed by atoms with Gasteiger partial charge in [0.15, 0.2) is 0 Å². The number of aryl methyl sites for hydroxylation is 1. The number of nitrogens with one attached hydrogen (secondary N) is 2. The third kappa shape index (κ3) is 6.21. The van der Waals surface area contributed by atoms with Crippen LogP contribution in [0.4, 0.5) is 10.7 Å². The first kappa shape index (κ1) is 28.1. The van der Waals surface area contributed by atoms with Crippen molar-refractivity contribution >= 4 is 51.5 Å². The highest BCUT2D eigenvalue weighted by molar-refractivity contribution is 7.17. The van der Waals surface area contributed by atoms with Gasteiger partial charge in [0.25, 0.3) is 5.69 Å². The van der Waals surface area contributed by atoms with Gasteiger partial charge in [-0.15, -0.1) is 11.3 Å². The molecule has 0 saturated carbocycles. The minimum absolute atomic E-state index is 0.142. The molecule has 3 aromatic rings. The second-order valence-corrected chi connectivity index (χ2v) is 9.79. The number of hydrazone groups is 1. The van der Waals surface area contributed by atoms with Crippen molar-refractivity contribution in [3.05, 3.63) is 85.8 Å². The molecule has 12 nitrogen and oxygen atoms in total. The number of para-hydroxylation sites is 1. The quantitative estimate of drug-likeness (QED) is 0.108. The Morgan fingerprint density at radius 1 is 0.975 bits per heavy atom. The lowest BCUT2D eigenvalue weighted by atomic mass is 9.95. The lowest BCUT2D eigenvalue weighted by Gasteiger charge is -2.11. The lowest BCUT2D eigenvalue weighted by Crippen LogP contribution is -2.33. The number of rotatable bonds is 7. The third-order valence-corrected chi connectivity index (χ3v) is 7.33. The number of hydrogen-bond donors (Lipinski definition) is 2. The average Bonchev–Trinajstić information content (AvgIpc) is 3.33. The maximum absolute atomic E-state index is 12.5. The summed E-state index contributed by atoms with van der Waals surface area (Å²) in [6, 6.07) is 11.5. The summed E-state index contributed by atoms with van der Waals surface area (Å²) in [6.07, 6.45) is 3.40. The number of esters is 2. The van der Waals surface area contributed by atoms with Gasteiger partial charge in [0, 0.05) is 10.9 Å². The summed E-state index contributed by atoms with van der Waals surface area (Å²) < 4.78 is 10.1. The normalized spacial score (nSPS) is 12.6. The fraction of sp³-hybridized carbons (Fsp3) is 0.222. The zero-order chi connectivity index (χ0) is 28.8. The number of anilines is 1. The van der Waals surface area contributed by atoms with Crippen LogP contribution < -0.4 is 15.5 Å². The van der Waals surface area contributed by atoms with Crippen LogP contribution in [0.3, 0.4) is 0 Å². The van der Waals surface area contributed by atoms with E-state index in [0.717, 1.165) is 29.7 Å². The molecule has 1 aliphatic rings. The second kappa shape index (κ2) is 12.3. The molecule has 0 saturated heterocycles. The summed E-state index contributed by atoms with van der Waals surface area (Å²) in [5.41, 5.74) is 3.66. The SMILES string of the molecule is COC(=O)c1c(NC(=O)C(=O)NN=C(C)c2ccc(OC(=O)c3ccccc3[N+](=O)[O-])cc2)sc2c1CCCC2. The number of benzene rings is 2. The van der Waals surface area contributed by atoms with Gasteiger partial charge < -0.3 is 14.8 Å². The summed E-state index contributed by atoms with van der Waals surface area (Å²) >= 11 is 1.26. The van der Waals surface area contributed by atoms with E-state index < -0.39 is 28.7 Å². The molecule has 0 unspecified atom stereocenters. The van der Waals surface area contributed by atoms with Crippen molar-refractivity contribution in [2.45, 2.75) is 32.6 Å². The minimum Gasteiger partial charge on any atom is -0.465 e.